The van der Waals surface area contributed by atoms with Crippen LogP contribution in [0.1, 0.15) is 15.9 Å². The molecule has 0 saturated carbocycles. The first kappa shape index (κ1) is 18.0. The lowest BCUT2D eigenvalue weighted by atomic mass is 10.2. The first-order valence-electron chi connectivity index (χ1n) is 8.81. The van der Waals surface area contributed by atoms with Crippen molar-refractivity contribution in [3.05, 3.63) is 103 Å². The van der Waals surface area contributed by atoms with Crippen molar-refractivity contribution in [1.29, 1.82) is 0 Å². The molecule has 0 aliphatic heterocycles. The van der Waals surface area contributed by atoms with Crippen molar-refractivity contribution in [2.75, 3.05) is 5.32 Å². The Labute approximate surface area is 167 Å². The summed E-state index contributed by atoms with van der Waals surface area (Å²) in [6, 6.07) is 21.1. The fraction of sp³-hybridized carbons (Fsp3) is 0.0455. The van der Waals surface area contributed by atoms with Crippen molar-refractivity contribution in [1.82, 2.24) is 14.8 Å². The van der Waals surface area contributed by atoms with Gasteiger partial charge in [-0.2, -0.15) is 5.10 Å². The van der Waals surface area contributed by atoms with Crippen LogP contribution < -0.4 is 5.32 Å². The van der Waals surface area contributed by atoms with E-state index in [0.29, 0.717) is 5.56 Å². The lowest BCUT2D eigenvalue weighted by Crippen LogP contribution is -2.11. The van der Waals surface area contributed by atoms with Gasteiger partial charge in [-0.05, 0) is 66.2 Å². The highest BCUT2D eigenvalue weighted by molar-refractivity contribution is 7.98. The first-order chi connectivity index (χ1) is 13.8. The Morgan fingerprint density at radius 3 is 2.46 bits per heavy atom. The quantitative estimate of drug-likeness (QED) is 0.483. The maximum Gasteiger partial charge on any atom is 0.255 e. The predicted molar refractivity (Wildman–Crippen MR) is 112 cm³/mol. The molecule has 2 aromatic heterocycles. The van der Waals surface area contributed by atoms with Crippen LogP contribution in [0.2, 0.25) is 0 Å². The normalized spacial score (nSPS) is 10.6. The van der Waals surface area contributed by atoms with Crippen LogP contribution in [0.4, 0.5) is 5.69 Å². The average molecular weight is 386 g/mol. The summed E-state index contributed by atoms with van der Waals surface area (Å²) in [7, 11) is 0. The lowest BCUT2D eigenvalue weighted by Gasteiger charge is -2.08. The van der Waals surface area contributed by atoms with E-state index in [4.69, 9.17) is 0 Å². The van der Waals surface area contributed by atoms with Crippen molar-refractivity contribution >= 4 is 23.4 Å². The summed E-state index contributed by atoms with van der Waals surface area (Å²) in [4.78, 5) is 17.7. The maximum atomic E-state index is 12.5. The van der Waals surface area contributed by atoms with Gasteiger partial charge in [-0.1, -0.05) is 6.07 Å². The van der Waals surface area contributed by atoms with Crippen molar-refractivity contribution in [2.45, 2.75) is 10.6 Å². The van der Waals surface area contributed by atoms with Gasteiger partial charge in [-0.25, -0.2) is 4.68 Å². The molecule has 0 aliphatic rings. The Morgan fingerprint density at radius 1 is 0.964 bits per heavy atom. The smallest absolute Gasteiger partial charge is 0.255 e. The number of nitrogens with one attached hydrogen (secondary N) is 1. The van der Waals surface area contributed by atoms with Gasteiger partial charge in [0.2, 0.25) is 0 Å². The van der Waals surface area contributed by atoms with Gasteiger partial charge in [-0.3, -0.25) is 9.78 Å². The third-order valence-corrected chi connectivity index (χ3v) is 5.22. The molecule has 0 aliphatic carbocycles. The molecule has 4 aromatic rings. The molecular weight excluding hydrogens is 368 g/mol. The largest absolute Gasteiger partial charge is 0.322 e. The number of anilines is 1. The lowest BCUT2D eigenvalue weighted by molar-refractivity contribution is 0.102. The molecule has 6 heteroatoms. The van der Waals surface area contributed by atoms with Gasteiger partial charge in [0, 0.05) is 46.7 Å². The first-order valence-corrected chi connectivity index (χ1v) is 9.80. The molecule has 0 radical (unpaired) electrons. The molecule has 0 saturated heterocycles. The van der Waals surface area contributed by atoms with Gasteiger partial charge in [0.15, 0.2) is 0 Å². The predicted octanol–water partition coefficient (Wildman–Crippen LogP) is 4.81. The Morgan fingerprint density at radius 2 is 1.79 bits per heavy atom. The summed E-state index contributed by atoms with van der Waals surface area (Å²) in [6.45, 7) is 0. The van der Waals surface area contributed by atoms with Crippen molar-refractivity contribution in [2.24, 2.45) is 0 Å². The molecule has 1 N–H and O–H groups in total. The van der Waals surface area contributed by atoms with Gasteiger partial charge >= 0.3 is 0 Å². The standard InChI is InChI=1S/C22H18N4OS/c27-22(18-4-8-20(9-5-18)26-14-2-13-24-26)25-19-6-10-21(11-7-19)28-16-17-3-1-12-23-15-17/h1-15H,16H2,(H,25,27). The second-order valence-corrected chi connectivity index (χ2v) is 7.17. The number of thioether (sulfide) groups is 1. The zero-order valence-corrected chi connectivity index (χ0v) is 15.8. The second-order valence-electron chi connectivity index (χ2n) is 6.13. The summed E-state index contributed by atoms with van der Waals surface area (Å²) < 4.78 is 1.75. The molecule has 28 heavy (non-hydrogen) atoms. The van der Waals surface area contributed by atoms with E-state index in [1.54, 1.807) is 41.0 Å². The Hall–Kier alpha value is -3.38. The number of benzene rings is 2. The molecule has 5 nitrogen and oxygen atoms in total. The monoisotopic (exact) mass is 386 g/mol. The van der Waals surface area contributed by atoms with Gasteiger partial charge in [-0.15, -0.1) is 11.8 Å². The van der Waals surface area contributed by atoms with E-state index in [-0.39, 0.29) is 5.91 Å². The van der Waals surface area contributed by atoms with Crippen LogP contribution in [0.25, 0.3) is 5.69 Å². The molecule has 138 valence electrons. The molecule has 1 amide bonds. The summed E-state index contributed by atoms with van der Waals surface area (Å²) in [5, 5.41) is 7.11. The topological polar surface area (TPSA) is 59.8 Å². The molecule has 2 aromatic carbocycles. The summed E-state index contributed by atoms with van der Waals surface area (Å²) in [5.41, 5.74) is 3.47. The zero-order chi connectivity index (χ0) is 19.2. The van der Waals surface area contributed by atoms with E-state index in [0.717, 1.165) is 22.0 Å². The molecule has 0 fully saturated rings. The van der Waals surface area contributed by atoms with E-state index in [1.807, 2.05) is 60.9 Å². The molecule has 4 rings (SSSR count). The number of carbonyl (C=O) groups is 1. The fourth-order valence-electron chi connectivity index (χ4n) is 2.68. The summed E-state index contributed by atoms with van der Waals surface area (Å²) in [5.74, 6) is 0.727. The Kier molecular flexibility index (Phi) is 5.49. The highest BCUT2D eigenvalue weighted by atomic mass is 32.2. The number of nitrogens with zero attached hydrogens (tertiary/aromatic N) is 3. The minimum atomic E-state index is -0.136. The number of rotatable bonds is 6. The van der Waals surface area contributed by atoms with Crippen LogP contribution in [-0.2, 0) is 5.75 Å². The van der Waals surface area contributed by atoms with E-state index < -0.39 is 0 Å². The Bertz CT molecular complexity index is 1030. The van der Waals surface area contributed by atoms with Gasteiger partial charge in [0.25, 0.3) is 5.91 Å². The number of amides is 1. The maximum absolute atomic E-state index is 12.5. The third-order valence-electron chi connectivity index (χ3n) is 4.14. The zero-order valence-electron chi connectivity index (χ0n) is 15.0. The van der Waals surface area contributed by atoms with Crippen molar-refractivity contribution in [3.63, 3.8) is 0 Å². The van der Waals surface area contributed by atoms with Gasteiger partial charge < -0.3 is 5.32 Å². The number of pyridine rings is 1. The summed E-state index contributed by atoms with van der Waals surface area (Å²) >= 11 is 1.74. The SMILES string of the molecule is O=C(Nc1ccc(SCc2cccnc2)cc1)c1ccc(-n2cccn2)cc1. The van der Waals surface area contributed by atoms with Crippen molar-refractivity contribution in [3.8, 4) is 5.69 Å². The number of carbonyl (C=O) groups excluding carboxylic acids is 1. The molecule has 2 heterocycles. The number of hydrogen-bond acceptors (Lipinski definition) is 4. The second kappa shape index (κ2) is 8.54. The molecular formula is C22H18N4OS. The highest BCUT2D eigenvalue weighted by Crippen LogP contribution is 2.24. The van der Waals surface area contributed by atoms with Crippen molar-refractivity contribution < 1.29 is 4.79 Å². The molecule has 0 unspecified atom stereocenters. The minimum absolute atomic E-state index is 0.136. The van der Waals surface area contributed by atoms with Crippen LogP contribution >= 0.6 is 11.8 Å². The Balaban J connectivity index is 1.35. The molecule has 0 bridgehead atoms. The van der Waals surface area contributed by atoms with Crippen LogP contribution in [0.5, 0.6) is 0 Å². The van der Waals surface area contributed by atoms with Gasteiger partial charge in [0.1, 0.15) is 0 Å². The molecule has 0 spiro atoms. The third kappa shape index (κ3) is 4.47. The van der Waals surface area contributed by atoms with Crippen LogP contribution in [0, 0.1) is 0 Å². The highest BCUT2D eigenvalue weighted by Gasteiger charge is 2.07. The van der Waals surface area contributed by atoms with Crippen LogP contribution in [0.3, 0.4) is 0 Å². The van der Waals surface area contributed by atoms with Crippen LogP contribution in [0.15, 0.2) is 96.4 Å². The fourth-order valence-corrected chi connectivity index (χ4v) is 3.51. The van der Waals surface area contributed by atoms with E-state index in [9.17, 15) is 4.79 Å². The number of hydrogen-bond donors (Lipinski definition) is 1. The van der Waals surface area contributed by atoms with Crippen LogP contribution in [-0.4, -0.2) is 20.7 Å². The average Bonchev–Trinajstić information content (AvgIpc) is 3.29. The van der Waals surface area contributed by atoms with E-state index in [2.05, 4.69) is 21.5 Å². The molecule has 0 atom stereocenters. The minimum Gasteiger partial charge on any atom is -0.322 e. The number of aromatic nitrogens is 3. The van der Waals surface area contributed by atoms with E-state index in [1.165, 1.54) is 5.56 Å². The van der Waals surface area contributed by atoms with E-state index >= 15 is 0 Å². The van der Waals surface area contributed by atoms with Gasteiger partial charge in [0.05, 0.1) is 5.69 Å². The summed E-state index contributed by atoms with van der Waals surface area (Å²) in [6.07, 6.45) is 7.23.